The quantitative estimate of drug-likeness (QED) is 0.328. The van der Waals surface area contributed by atoms with Gasteiger partial charge in [-0.05, 0) is 52.2 Å². The van der Waals surface area contributed by atoms with Crippen molar-refractivity contribution in [2.24, 2.45) is 0 Å². The summed E-state index contributed by atoms with van der Waals surface area (Å²) in [6, 6.07) is 25.5. The number of amides is 1. The van der Waals surface area contributed by atoms with E-state index in [0.717, 1.165) is 22.6 Å². The molecule has 4 rings (SSSR count). The minimum absolute atomic E-state index is 0.0768. The number of hydrogen-bond acceptors (Lipinski definition) is 3. The molecule has 5 nitrogen and oxygen atoms in total. The molecular formula is C26H22Cl2N2O3S. The van der Waals surface area contributed by atoms with Gasteiger partial charge in [0.25, 0.3) is 5.91 Å². The summed E-state index contributed by atoms with van der Waals surface area (Å²) in [5.41, 5.74) is 2.61. The molecule has 0 aromatic heterocycles. The van der Waals surface area contributed by atoms with Crippen molar-refractivity contribution in [2.45, 2.75) is 13.1 Å². The van der Waals surface area contributed by atoms with Gasteiger partial charge in [0.05, 0.1) is 18.5 Å². The zero-order valence-corrected chi connectivity index (χ0v) is 20.7. The molecular weight excluding hydrogens is 491 g/mol. The lowest BCUT2D eigenvalue weighted by molar-refractivity contribution is 0.0951. The lowest BCUT2D eigenvalue weighted by Crippen LogP contribution is -2.29. The Morgan fingerprint density at radius 2 is 1.53 bits per heavy atom. The zero-order chi connectivity index (χ0) is 24.3. The van der Waals surface area contributed by atoms with Gasteiger partial charge in [-0.2, -0.15) is 0 Å². The van der Waals surface area contributed by atoms with Crippen LogP contribution in [0.1, 0.15) is 21.5 Å². The van der Waals surface area contributed by atoms with Crippen molar-refractivity contribution in [1.82, 2.24) is 5.32 Å². The highest BCUT2D eigenvalue weighted by molar-refractivity contribution is 7.92. The van der Waals surface area contributed by atoms with E-state index in [1.165, 1.54) is 4.31 Å². The Hall–Kier alpha value is -3.06. The molecule has 0 bridgehead atoms. The lowest BCUT2D eigenvalue weighted by Gasteiger charge is -2.23. The van der Waals surface area contributed by atoms with Crippen LogP contribution in [-0.4, -0.2) is 20.6 Å². The molecule has 0 heterocycles. The van der Waals surface area contributed by atoms with Gasteiger partial charge < -0.3 is 5.32 Å². The summed E-state index contributed by atoms with van der Waals surface area (Å²) < 4.78 is 26.1. The van der Waals surface area contributed by atoms with E-state index in [0.29, 0.717) is 33.4 Å². The minimum Gasteiger partial charge on any atom is -0.348 e. The molecule has 1 amide bonds. The van der Waals surface area contributed by atoms with E-state index >= 15 is 0 Å². The summed E-state index contributed by atoms with van der Waals surface area (Å²) in [7, 11) is -3.60. The smallest absolute Gasteiger partial charge is 0.251 e. The maximum absolute atomic E-state index is 12.7. The minimum atomic E-state index is -3.60. The van der Waals surface area contributed by atoms with E-state index in [4.69, 9.17) is 23.2 Å². The molecule has 0 radical (unpaired) electrons. The molecule has 0 aliphatic heterocycles. The third-order valence-electron chi connectivity index (χ3n) is 5.40. The number of carbonyl (C=O) groups is 1. The number of rotatable bonds is 7. The number of hydrogen-bond donors (Lipinski definition) is 1. The molecule has 0 fully saturated rings. The van der Waals surface area contributed by atoms with Crippen molar-refractivity contribution in [3.63, 3.8) is 0 Å². The van der Waals surface area contributed by atoms with Gasteiger partial charge in [-0.3, -0.25) is 9.10 Å². The molecule has 0 unspecified atom stereocenters. The molecule has 34 heavy (non-hydrogen) atoms. The number of nitrogens with one attached hydrogen (secondary N) is 1. The van der Waals surface area contributed by atoms with Crippen molar-refractivity contribution >= 4 is 55.6 Å². The molecule has 4 aromatic rings. The van der Waals surface area contributed by atoms with Gasteiger partial charge in [0, 0.05) is 22.2 Å². The Morgan fingerprint density at radius 1 is 0.882 bits per heavy atom. The van der Waals surface area contributed by atoms with Crippen LogP contribution in [0.25, 0.3) is 10.8 Å². The van der Waals surface area contributed by atoms with Crippen LogP contribution in [0.2, 0.25) is 10.0 Å². The molecule has 8 heteroatoms. The van der Waals surface area contributed by atoms with Crippen LogP contribution in [0.4, 0.5) is 5.69 Å². The summed E-state index contributed by atoms with van der Waals surface area (Å²) in [5, 5.41) is 5.86. The third-order valence-corrected chi connectivity index (χ3v) is 6.97. The van der Waals surface area contributed by atoms with Crippen LogP contribution in [-0.2, 0) is 23.1 Å². The van der Waals surface area contributed by atoms with Gasteiger partial charge in [-0.25, -0.2) is 8.42 Å². The van der Waals surface area contributed by atoms with Gasteiger partial charge in [0.15, 0.2) is 0 Å². The van der Waals surface area contributed by atoms with Crippen LogP contribution >= 0.6 is 23.2 Å². The van der Waals surface area contributed by atoms with Gasteiger partial charge in [0.2, 0.25) is 10.0 Å². The second-order valence-corrected chi connectivity index (χ2v) is 10.7. The average molecular weight is 513 g/mol. The Balaban J connectivity index is 1.48. The average Bonchev–Trinajstić information content (AvgIpc) is 2.80. The predicted molar refractivity (Wildman–Crippen MR) is 139 cm³/mol. The first kappa shape index (κ1) is 24.1. The molecule has 1 N–H and O–H groups in total. The van der Waals surface area contributed by atoms with Crippen molar-refractivity contribution in [1.29, 1.82) is 0 Å². The van der Waals surface area contributed by atoms with E-state index < -0.39 is 10.0 Å². The Bertz CT molecular complexity index is 1430. The zero-order valence-electron chi connectivity index (χ0n) is 18.3. The monoisotopic (exact) mass is 512 g/mol. The number of fused-ring (bicyclic) bond motifs is 1. The third kappa shape index (κ3) is 5.70. The van der Waals surface area contributed by atoms with Gasteiger partial charge in [-0.1, -0.05) is 77.8 Å². The van der Waals surface area contributed by atoms with E-state index in [1.807, 2.05) is 42.5 Å². The summed E-state index contributed by atoms with van der Waals surface area (Å²) in [6.45, 7) is 0.479. The molecule has 0 atom stereocenters. The second-order valence-electron chi connectivity index (χ2n) is 7.92. The van der Waals surface area contributed by atoms with E-state index in [2.05, 4.69) is 5.32 Å². The second kappa shape index (κ2) is 10.1. The van der Waals surface area contributed by atoms with Gasteiger partial charge in [-0.15, -0.1) is 0 Å². The number of nitrogens with zero attached hydrogens (tertiary/aromatic N) is 1. The maximum Gasteiger partial charge on any atom is 0.251 e. The van der Waals surface area contributed by atoms with E-state index in [9.17, 15) is 13.2 Å². The lowest BCUT2D eigenvalue weighted by atomic mass is 10.0. The molecule has 0 saturated carbocycles. The molecule has 0 aliphatic rings. The first-order valence-corrected chi connectivity index (χ1v) is 13.1. The molecule has 0 saturated heterocycles. The van der Waals surface area contributed by atoms with E-state index in [-0.39, 0.29) is 12.5 Å². The fourth-order valence-electron chi connectivity index (χ4n) is 3.73. The first-order chi connectivity index (χ1) is 16.2. The predicted octanol–water partition coefficient (Wildman–Crippen LogP) is 6.04. The number of carbonyl (C=O) groups excluding carboxylic acids is 1. The summed E-state index contributed by atoms with van der Waals surface area (Å²) in [4.78, 5) is 12.7. The van der Waals surface area contributed by atoms with Crippen molar-refractivity contribution in [3.05, 3.63) is 112 Å². The normalized spacial score (nSPS) is 11.4. The summed E-state index contributed by atoms with van der Waals surface area (Å²) in [5.74, 6) is -0.207. The van der Waals surface area contributed by atoms with Crippen molar-refractivity contribution in [3.8, 4) is 0 Å². The highest BCUT2D eigenvalue weighted by Crippen LogP contribution is 2.28. The highest BCUT2D eigenvalue weighted by atomic mass is 35.5. The Kier molecular flexibility index (Phi) is 7.12. The number of sulfonamides is 1. The largest absolute Gasteiger partial charge is 0.348 e. The van der Waals surface area contributed by atoms with Crippen molar-refractivity contribution in [2.75, 3.05) is 10.6 Å². The van der Waals surface area contributed by atoms with Crippen LogP contribution in [0.15, 0.2) is 84.9 Å². The molecule has 0 aliphatic carbocycles. The molecule has 0 spiro atoms. The summed E-state index contributed by atoms with van der Waals surface area (Å²) >= 11 is 12.1. The van der Waals surface area contributed by atoms with Gasteiger partial charge in [0.1, 0.15) is 0 Å². The van der Waals surface area contributed by atoms with Crippen LogP contribution in [0.5, 0.6) is 0 Å². The Morgan fingerprint density at radius 3 is 2.21 bits per heavy atom. The topological polar surface area (TPSA) is 66.5 Å². The highest BCUT2D eigenvalue weighted by Gasteiger charge is 2.19. The van der Waals surface area contributed by atoms with Crippen LogP contribution in [0, 0.1) is 0 Å². The van der Waals surface area contributed by atoms with Crippen LogP contribution < -0.4 is 9.62 Å². The Labute approximate surface area is 209 Å². The molecule has 4 aromatic carbocycles. The number of halogens is 2. The fourth-order valence-corrected chi connectivity index (χ4v) is 5.12. The number of benzene rings is 4. The SMILES string of the molecule is CS(=O)(=O)N(Cc1ccc(C(=O)NCc2cccc3ccccc23)cc1)c1cc(Cl)cc(Cl)c1. The fraction of sp³-hybridized carbons (Fsp3) is 0.115. The first-order valence-electron chi connectivity index (χ1n) is 10.5. The summed E-state index contributed by atoms with van der Waals surface area (Å²) in [6.07, 6.45) is 1.12. The standard InChI is InChI=1S/C26H22Cl2N2O3S/c1-34(32,33)30(24-14-22(27)13-23(28)15-24)17-18-9-11-20(12-10-18)26(31)29-16-21-7-4-6-19-5-2-3-8-25(19)21/h2-15H,16-17H2,1H3,(H,29,31). The van der Waals surface area contributed by atoms with Crippen molar-refractivity contribution < 1.29 is 13.2 Å². The number of anilines is 1. The van der Waals surface area contributed by atoms with Crippen LogP contribution in [0.3, 0.4) is 0 Å². The van der Waals surface area contributed by atoms with Gasteiger partial charge >= 0.3 is 0 Å². The maximum atomic E-state index is 12.7. The van der Waals surface area contributed by atoms with E-state index in [1.54, 1.807) is 42.5 Å². The molecule has 174 valence electrons.